The Labute approximate surface area is 163 Å². The molecule has 1 N–H and O–H groups in total. The van der Waals surface area contributed by atoms with E-state index in [1.54, 1.807) is 0 Å². The van der Waals surface area contributed by atoms with Gasteiger partial charge >= 0.3 is 0 Å². The van der Waals surface area contributed by atoms with Gasteiger partial charge in [-0.2, -0.15) is 0 Å². The van der Waals surface area contributed by atoms with Crippen molar-refractivity contribution in [3.63, 3.8) is 0 Å². The number of anilines is 1. The fourth-order valence-electron chi connectivity index (χ4n) is 4.25. The number of likely N-dealkylation sites (tertiary alicyclic amines) is 1. The van der Waals surface area contributed by atoms with Crippen LogP contribution in [0.4, 0.5) is 5.69 Å². The minimum atomic E-state index is -0.249. The van der Waals surface area contributed by atoms with Gasteiger partial charge in [-0.05, 0) is 47.4 Å². The summed E-state index contributed by atoms with van der Waals surface area (Å²) in [5, 5.41) is 3.15. The van der Waals surface area contributed by atoms with Gasteiger partial charge in [0.05, 0.1) is 0 Å². The Bertz CT molecular complexity index is 729. The highest BCUT2D eigenvalue weighted by Crippen LogP contribution is 2.30. The SMILES string of the molecule is CC(C)c1ccc(NC(=O)[C@H](c2ccccc2)N2C[C@H](C)C[C@@H](C)C2)cc1. The van der Waals surface area contributed by atoms with E-state index in [4.69, 9.17) is 0 Å². The third-order valence-corrected chi connectivity index (χ3v) is 5.47. The summed E-state index contributed by atoms with van der Waals surface area (Å²) >= 11 is 0. The molecule has 2 aromatic rings. The van der Waals surface area contributed by atoms with Crippen molar-refractivity contribution in [3.05, 3.63) is 65.7 Å². The first kappa shape index (κ1) is 19.6. The zero-order valence-electron chi connectivity index (χ0n) is 17.0. The summed E-state index contributed by atoms with van der Waals surface area (Å²) in [6.07, 6.45) is 1.23. The first-order valence-electron chi connectivity index (χ1n) is 10.1. The van der Waals surface area contributed by atoms with Crippen molar-refractivity contribution < 1.29 is 4.79 Å². The second-order valence-electron chi connectivity index (χ2n) is 8.48. The van der Waals surface area contributed by atoms with Gasteiger partial charge in [-0.1, -0.05) is 70.2 Å². The minimum Gasteiger partial charge on any atom is -0.324 e. The number of hydrogen-bond donors (Lipinski definition) is 1. The van der Waals surface area contributed by atoms with E-state index in [1.807, 2.05) is 30.3 Å². The summed E-state index contributed by atoms with van der Waals surface area (Å²) in [6.45, 7) is 10.9. The molecule has 3 heteroatoms. The third-order valence-electron chi connectivity index (χ3n) is 5.47. The van der Waals surface area contributed by atoms with Gasteiger partial charge in [-0.15, -0.1) is 0 Å². The van der Waals surface area contributed by atoms with Crippen LogP contribution in [0.1, 0.15) is 57.2 Å². The third kappa shape index (κ3) is 4.98. The molecule has 1 aliphatic heterocycles. The van der Waals surface area contributed by atoms with Crippen LogP contribution in [0.5, 0.6) is 0 Å². The number of carbonyl (C=O) groups excluding carboxylic acids is 1. The molecule has 0 aromatic heterocycles. The van der Waals surface area contributed by atoms with Crippen LogP contribution in [0, 0.1) is 11.8 Å². The Morgan fingerprint density at radius 1 is 0.926 bits per heavy atom. The molecule has 27 heavy (non-hydrogen) atoms. The molecule has 144 valence electrons. The van der Waals surface area contributed by atoms with Crippen molar-refractivity contribution in [2.45, 2.75) is 46.1 Å². The Morgan fingerprint density at radius 3 is 2.07 bits per heavy atom. The maximum Gasteiger partial charge on any atom is 0.246 e. The number of rotatable bonds is 5. The zero-order valence-corrected chi connectivity index (χ0v) is 17.0. The molecule has 0 saturated carbocycles. The van der Waals surface area contributed by atoms with Crippen LogP contribution in [0.15, 0.2) is 54.6 Å². The Morgan fingerprint density at radius 2 is 1.52 bits per heavy atom. The van der Waals surface area contributed by atoms with Crippen LogP contribution in [-0.4, -0.2) is 23.9 Å². The van der Waals surface area contributed by atoms with Crippen molar-refractivity contribution in [3.8, 4) is 0 Å². The zero-order chi connectivity index (χ0) is 19.4. The molecule has 0 bridgehead atoms. The fraction of sp³-hybridized carbons (Fsp3) is 0.458. The highest BCUT2D eigenvalue weighted by Gasteiger charge is 2.32. The first-order chi connectivity index (χ1) is 12.9. The van der Waals surface area contributed by atoms with E-state index in [9.17, 15) is 4.79 Å². The van der Waals surface area contributed by atoms with Crippen LogP contribution >= 0.6 is 0 Å². The van der Waals surface area contributed by atoms with Gasteiger partial charge in [0.1, 0.15) is 6.04 Å². The number of carbonyl (C=O) groups is 1. The van der Waals surface area contributed by atoms with Gasteiger partial charge in [0, 0.05) is 18.8 Å². The number of amides is 1. The molecular formula is C24H32N2O. The minimum absolute atomic E-state index is 0.0554. The Hall–Kier alpha value is -2.13. The number of nitrogens with one attached hydrogen (secondary N) is 1. The summed E-state index contributed by atoms with van der Waals surface area (Å²) in [6, 6.07) is 18.1. The van der Waals surface area contributed by atoms with E-state index >= 15 is 0 Å². The number of piperidine rings is 1. The molecule has 1 saturated heterocycles. The highest BCUT2D eigenvalue weighted by molar-refractivity contribution is 5.95. The lowest BCUT2D eigenvalue weighted by Crippen LogP contribution is -2.45. The molecule has 2 aromatic carbocycles. The van der Waals surface area contributed by atoms with Crippen LogP contribution in [0.25, 0.3) is 0 Å². The molecule has 0 unspecified atom stereocenters. The predicted molar refractivity (Wildman–Crippen MR) is 113 cm³/mol. The van der Waals surface area contributed by atoms with Gasteiger partial charge < -0.3 is 5.32 Å². The Balaban J connectivity index is 1.82. The average Bonchev–Trinajstić information content (AvgIpc) is 2.62. The first-order valence-corrected chi connectivity index (χ1v) is 10.1. The predicted octanol–water partition coefficient (Wildman–Crippen LogP) is 5.47. The molecule has 3 nitrogen and oxygen atoms in total. The quantitative estimate of drug-likeness (QED) is 0.763. The molecular weight excluding hydrogens is 332 g/mol. The molecule has 0 spiro atoms. The molecule has 1 amide bonds. The second-order valence-corrected chi connectivity index (χ2v) is 8.48. The van der Waals surface area contributed by atoms with Crippen LogP contribution in [0.2, 0.25) is 0 Å². The van der Waals surface area contributed by atoms with Crippen molar-refractivity contribution in [1.82, 2.24) is 4.90 Å². The van der Waals surface area contributed by atoms with Crippen LogP contribution in [0.3, 0.4) is 0 Å². The van der Waals surface area contributed by atoms with Gasteiger partial charge in [0.25, 0.3) is 0 Å². The fourth-order valence-corrected chi connectivity index (χ4v) is 4.25. The van der Waals surface area contributed by atoms with Gasteiger partial charge in [-0.25, -0.2) is 0 Å². The molecule has 0 aliphatic carbocycles. The summed E-state index contributed by atoms with van der Waals surface area (Å²) in [7, 11) is 0. The smallest absolute Gasteiger partial charge is 0.246 e. The summed E-state index contributed by atoms with van der Waals surface area (Å²) in [5.41, 5.74) is 3.21. The summed E-state index contributed by atoms with van der Waals surface area (Å²) in [4.78, 5) is 15.6. The van der Waals surface area contributed by atoms with E-state index < -0.39 is 0 Å². The standard InChI is InChI=1S/C24H32N2O/c1-17(2)20-10-12-22(13-11-20)25-24(27)23(21-8-6-5-7-9-21)26-15-18(3)14-19(4)16-26/h5-13,17-19,23H,14-16H2,1-4H3,(H,25,27)/t18-,19-,23+/m1/s1. The lowest BCUT2D eigenvalue weighted by atomic mass is 9.89. The summed E-state index contributed by atoms with van der Waals surface area (Å²) in [5.74, 6) is 1.76. The van der Waals surface area contributed by atoms with Crippen molar-refractivity contribution in [1.29, 1.82) is 0 Å². The topological polar surface area (TPSA) is 32.3 Å². The van der Waals surface area contributed by atoms with Crippen molar-refractivity contribution in [2.24, 2.45) is 11.8 Å². The molecule has 3 rings (SSSR count). The number of benzene rings is 2. The van der Waals surface area contributed by atoms with Gasteiger partial charge in [-0.3, -0.25) is 9.69 Å². The van der Waals surface area contributed by atoms with E-state index in [1.165, 1.54) is 12.0 Å². The molecule has 1 fully saturated rings. The van der Waals surface area contributed by atoms with Crippen molar-refractivity contribution >= 4 is 11.6 Å². The van der Waals surface area contributed by atoms with Crippen LogP contribution in [-0.2, 0) is 4.79 Å². The van der Waals surface area contributed by atoms with Crippen molar-refractivity contribution in [2.75, 3.05) is 18.4 Å². The monoisotopic (exact) mass is 364 g/mol. The second kappa shape index (κ2) is 8.71. The van der Waals surface area contributed by atoms with E-state index in [-0.39, 0.29) is 11.9 Å². The average molecular weight is 365 g/mol. The normalized spacial score (nSPS) is 21.8. The lowest BCUT2D eigenvalue weighted by Gasteiger charge is -2.39. The molecule has 1 aliphatic rings. The molecule has 3 atom stereocenters. The molecule has 0 radical (unpaired) electrons. The lowest BCUT2D eigenvalue weighted by molar-refractivity contribution is -0.122. The van der Waals surface area contributed by atoms with Gasteiger partial charge in [0.15, 0.2) is 0 Å². The highest BCUT2D eigenvalue weighted by atomic mass is 16.2. The largest absolute Gasteiger partial charge is 0.324 e. The van der Waals surface area contributed by atoms with E-state index in [0.717, 1.165) is 24.3 Å². The van der Waals surface area contributed by atoms with Gasteiger partial charge in [0.2, 0.25) is 5.91 Å². The van der Waals surface area contributed by atoms with E-state index in [0.29, 0.717) is 17.8 Å². The van der Waals surface area contributed by atoms with E-state index in [2.05, 4.69) is 62.2 Å². The Kier molecular flexibility index (Phi) is 6.33. The number of hydrogen-bond acceptors (Lipinski definition) is 2. The maximum atomic E-state index is 13.3. The number of nitrogens with zero attached hydrogens (tertiary/aromatic N) is 1. The van der Waals surface area contributed by atoms with Crippen LogP contribution < -0.4 is 5.32 Å². The maximum absolute atomic E-state index is 13.3. The molecule has 1 heterocycles. The summed E-state index contributed by atoms with van der Waals surface area (Å²) < 4.78 is 0.